The Kier molecular flexibility index (Phi) is 5.27. The van der Waals surface area contributed by atoms with E-state index in [1.807, 2.05) is 23.2 Å². The molecule has 26 heavy (non-hydrogen) atoms. The molecule has 0 unspecified atom stereocenters. The largest absolute Gasteiger partial charge is 0.396 e. The number of rotatable bonds is 5. The molecule has 0 radical (unpaired) electrons. The fraction of sp³-hybridized carbons (Fsp3) is 0.571. The van der Waals surface area contributed by atoms with Crippen LogP contribution in [0.25, 0.3) is 10.9 Å². The zero-order valence-corrected chi connectivity index (χ0v) is 15.3. The van der Waals surface area contributed by atoms with Crippen molar-refractivity contribution in [2.75, 3.05) is 32.8 Å². The number of carbonyl (C=O) groups is 1. The minimum absolute atomic E-state index is 0.275. The average Bonchev–Trinajstić information content (AvgIpc) is 3.33. The van der Waals surface area contributed by atoms with Crippen molar-refractivity contribution in [1.29, 1.82) is 0 Å². The van der Waals surface area contributed by atoms with Gasteiger partial charge < -0.3 is 20.3 Å². The standard InChI is InChI=1S/C21H29N3O2/c25-14-17-11-22-13-19(17)15-7-9-24(10-8-15)21(26)6-5-16-12-23-20-4-2-1-3-18(16)20/h1-4,12,15,17,19,22-23,25H,5-11,13-14H2/t17-,19-/m0/s1. The van der Waals surface area contributed by atoms with Gasteiger partial charge in [0.15, 0.2) is 0 Å². The van der Waals surface area contributed by atoms with Gasteiger partial charge in [-0.3, -0.25) is 4.79 Å². The van der Waals surface area contributed by atoms with Crippen molar-refractivity contribution in [3.63, 3.8) is 0 Å². The van der Waals surface area contributed by atoms with Crippen molar-refractivity contribution in [2.24, 2.45) is 17.8 Å². The zero-order chi connectivity index (χ0) is 17.9. The number of benzene rings is 1. The summed E-state index contributed by atoms with van der Waals surface area (Å²) in [4.78, 5) is 18.0. The molecule has 140 valence electrons. The van der Waals surface area contributed by atoms with Crippen LogP contribution in [0.15, 0.2) is 30.5 Å². The summed E-state index contributed by atoms with van der Waals surface area (Å²) >= 11 is 0. The molecule has 2 saturated heterocycles. The molecule has 0 saturated carbocycles. The molecule has 1 aromatic heterocycles. The maximum absolute atomic E-state index is 12.6. The number of aryl methyl sites for hydroxylation is 1. The van der Waals surface area contributed by atoms with Crippen LogP contribution in [-0.2, 0) is 11.2 Å². The van der Waals surface area contributed by atoms with Crippen LogP contribution in [0.4, 0.5) is 0 Å². The van der Waals surface area contributed by atoms with Crippen molar-refractivity contribution in [3.05, 3.63) is 36.0 Å². The van der Waals surface area contributed by atoms with E-state index in [0.717, 1.165) is 51.0 Å². The van der Waals surface area contributed by atoms with Gasteiger partial charge in [-0.2, -0.15) is 0 Å². The number of likely N-dealkylation sites (tertiary alicyclic amines) is 1. The minimum Gasteiger partial charge on any atom is -0.396 e. The highest BCUT2D eigenvalue weighted by molar-refractivity contribution is 5.84. The molecule has 4 rings (SSSR count). The lowest BCUT2D eigenvalue weighted by atomic mass is 9.79. The molecule has 0 aliphatic carbocycles. The van der Waals surface area contributed by atoms with Gasteiger partial charge in [0.25, 0.3) is 0 Å². The van der Waals surface area contributed by atoms with E-state index in [0.29, 0.717) is 24.2 Å². The SMILES string of the molecule is O=C(CCc1c[nH]c2ccccc12)N1CCC([C@@H]2CNC[C@H]2CO)CC1. The van der Waals surface area contributed by atoms with Crippen LogP contribution in [0.5, 0.6) is 0 Å². The predicted octanol–water partition coefficient (Wildman–Crippen LogP) is 2.17. The Morgan fingerprint density at radius 1 is 1.19 bits per heavy atom. The van der Waals surface area contributed by atoms with Crippen LogP contribution in [0.1, 0.15) is 24.8 Å². The summed E-state index contributed by atoms with van der Waals surface area (Å²) in [6.45, 7) is 3.97. The molecule has 5 heteroatoms. The van der Waals surface area contributed by atoms with E-state index in [1.54, 1.807) is 0 Å². The summed E-state index contributed by atoms with van der Waals surface area (Å²) < 4.78 is 0. The van der Waals surface area contributed by atoms with Crippen molar-refractivity contribution >= 4 is 16.8 Å². The first kappa shape index (κ1) is 17.6. The lowest BCUT2D eigenvalue weighted by Crippen LogP contribution is -2.41. The summed E-state index contributed by atoms with van der Waals surface area (Å²) in [5.74, 6) is 1.88. The van der Waals surface area contributed by atoms with Crippen LogP contribution in [0, 0.1) is 17.8 Å². The van der Waals surface area contributed by atoms with E-state index in [-0.39, 0.29) is 12.5 Å². The molecule has 2 fully saturated rings. The summed E-state index contributed by atoms with van der Waals surface area (Å²) in [6.07, 6.45) is 5.55. The van der Waals surface area contributed by atoms with Crippen molar-refractivity contribution in [3.8, 4) is 0 Å². The second-order valence-corrected chi connectivity index (χ2v) is 7.84. The molecule has 2 atom stereocenters. The molecule has 3 heterocycles. The average molecular weight is 355 g/mol. The first-order valence-corrected chi connectivity index (χ1v) is 9.90. The number of aromatic nitrogens is 1. The van der Waals surface area contributed by atoms with E-state index in [9.17, 15) is 9.90 Å². The maximum atomic E-state index is 12.6. The summed E-state index contributed by atoms with van der Waals surface area (Å²) in [7, 11) is 0. The van der Waals surface area contributed by atoms with Gasteiger partial charge in [0.2, 0.25) is 5.91 Å². The van der Waals surface area contributed by atoms with E-state index in [2.05, 4.69) is 22.4 Å². The van der Waals surface area contributed by atoms with E-state index >= 15 is 0 Å². The van der Waals surface area contributed by atoms with Gasteiger partial charge in [-0.1, -0.05) is 18.2 Å². The normalized spacial score (nSPS) is 24.4. The highest BCUT2D eigenvalue weighted by atomic mass is 16.3. The molecular formula is C21H29N3O2. The monoisotopic (exact) mass is 355 g/mol. The second-order valence-electron chi connectivity index (χ2n) is 7.84. The number of hydrogen-bond donors (Lipinski definition) is 3. The number of H-pyrrole nitrogens is 1. The Morgan fingerprint density at radius 2 is 2.00 bits per heavy atom. The Bertz CT molecular complexity index is 749. The number of nitrogens with zero attached hydrogens (tertiary/aromatic N) is 1. The lowest BCUT2D eigenvalue weighted by Gasteiger charge is -2.36. The van der Waals surface area contributed by atoms with Crippen molar-refractivity contribution in [1.82, 2.24) is 15.2 Å². The van der Waals surface area contributed by atoms with Crippen molar-refractivity contribution in [2.45, 2.75) is 25.7 Å². The fourth-order valence-electron chi connectivity index (χ4n) is 4.82. The Balaban J connectivity index is 1.28. The third-order valence-corrected chi connectivity index (χ3v) is 6.41. The molecule has 1 aromatic carbocycles. The molecule has 5 nitrogen and oxygen atoms in total. The molecule has 0 bridgehead atoms. The minimum atomic E-state index is 0.275. The number of carbonyl (C=O) groups excluding carboxylic acids is 1. The van der Waals surface area contributed by atoms with Gasteiger partial charge in [0, 0.05) is 49.8 Å². The van der Waals surface area contributed by atoms with Crippen LogP contribution >= 0.6 is 0 Å². The number of fused-ring (bicyclic) bond motifs is 1. The van der Waals surface area contributed by atoms with Gasteiger partial charge in [0.05, 0.1) is 0 Å². The number of aromatic amines is 1. The van der Waals surface area contributed by atoms with Gasteiger partial charge in [0.1, 0.15) is 0 Å². The van der Waals surface area contributed by atoms with Crippen LogP contribution in [-0.4, -0.2) is 53.7 Å². The van der Waals surface area contributed by atoms with Gasteiger partial charge in [-0.25, -0.2) is 0 Å². The number of aliphatic hydroxyl groups excluding tert-OH is 1. The molecule has 0 spiro atoms. The Labute approximate surface area is 154 Å². The van der Waals surface area contributed by atoms with E-state index in [4.69, 9.17) is 0 Å². The van der Waals surface area contributed by atoms with E-state index in [1.165, 1.54) is 10.9 Å². The third-order valence-electron chi connectivity index (χ3n) is 6.41. The van der Waals surface area contributed by atoms with Crippen LogP contribution < -0.4 is 5.32 Å². The van der Waals surface area contributed by atoms with Crippen LogP contribution in [0.2, 0.25) is 0 Å². The third kappa shape index (κ3) is 3.51. The number of hydrogen-bond acceptors (Lipinski definition) is 3. The zero-order valence-electron chi connectivity index (χ0n) is 15.3. The summed E-state index contributed by atoms with van der Waals surface area (Å²) in [5.41, 5.74) is 2.37. The molecule has 2 aliphatic rings. The molecule has 1 amide bonds. The Morgan fingerprint density at radius 3 is 2.81 bits per heavy atom. The highest BCUT2D eigenvalue weighted by Crippen LogP contribution is 2.32. The molecular weight excluding hydrogens is 326 g/mol. The molecule has 3 N–H and O–H groups in total. The second kappa shape index (κ2) is 7.80. The Hall–Kier alpha value is -1.85. The van der Waals surface area contributed by atoms with E-state index < -0.39 is 0 Å². The number of para-hydroxylation sites is 1. The van der Waals surface area contributed by atoms with Gasteiger partial charge in [-0.15, -0.1) is 0 Å². The predicted molar refractivity (Wildman–Crippen MR) is 103 cm³/mol. The summed E-state index contributed by atoms with van der Waals surface area (Å²) in [5, 5.41) is 14.2. The first-order chi connectivity index (χ1) is 12.8. The quantitative estimate of drug-likeness (QED) is 0.770. The highest BCUT2D eigenvalue weighted by Gasteiger charge is 2.35. The van der Waals surface area contributed by atoms with Gasteiger partial charge in [-0.05, 0) is 55.2 Å². The lowest BCUT2D eigenvalue weighted by molar-refractivity contribution is -0.132. The van der Waals surface area contributed by atoms with Crippen molar-refractivity contribution < 1.29 is 9.90 Å². The number of piperidine rings is 1. The topological polar surface area (TPSA) is 68.4 Å². The van der Waals surface area contributed by atoms with Gasteiger partial charge >= 0.3 is 0 Å². The number of aliphatic hydroxyl groups is 1. The van der Waals surface area contributed by atoms with Crippen LogP contribution in [0.3, 0.4) is 0 Å². The smallest absolute Gasteiger partial charge is 0.222 e. The first-order valence-electron chi connectivity index (χ1n) is 9.90. The fourth-order valence-corrected chi connectivity index (χ4v) is 4.82. The number of amides is 1. The maximum Gasteiger partial charge on any atom is 0.222 e. The summed E-state index contributed by atoms with van der Waals surface area (Å²) in [6, 6.07) is 8.26. The molecule has 2 aromatic rings. The molecule has 2 aliphatic heterocycles. The number of nitrogens with one attached hydrogen (secondary N) is 2.